The van der Waals surface area contributed by atoms with Gasteiger partial charge in [-0.25, -0.2) is 13.5 Å². The van der Waals surface area contributed by atoms with Crippen LogP contribution in [0.15, 0.2) is 54.6 Å². The molecule has 33 heavy (non-hydrogen) atoms. The highest BCUT2D eigenvalue weighted by atomic mass is 19.4. The lowest BCUT2D eigenvalue weighted by Gasteiger charge is -2.12. The predicted octanol–water partition coefficient (Wildman–Crippen LogP) is 5.04. The molecule has 0 atom stereocenters. The summed E-state index contributed by atoms with van der Waals surface area (Å²) in [6.45, 7) is 0.728. The minimum atomic E-state index is -4.77. The van der Waals surface area contributed by atoms with Gasteiger partial charge in [0.05, 0.1) is 22.3 Å². The Morgan fingerprint density at radius 3 is 2.45 bits per heavy atom. The first kappa shape index (κ1) is 22.2. The molecule has 0 spiro atoms. The van der Waals surface area contributed by atoms with Gasteiger partial charge in [0.1, 0.15) is 11.6 Å². The summed E-state index contributed by atoms with van der Waals surface area (Å²) in [7, 11) is 0. The van der Waals surface area contributed by atoms with E-state index >= 15 is 0 Å². The van der Waals surface area contributed by atoms with Crippen LogP contribution in [0.5, 0.6) is 5.88 Å². The number of rotatable bonds is 5. The van der Waals surface area contributed by atoms with Gasteiger partial charge >= 0.3 is 6.18 Å². The third-order valence-electron chi connectivity index (χ3n) is 4.63. The van der Waals surface area contributed by atoms with E-state index in [1.54, 1.807) is 0 Å². The first-order chi connectivity index (χ1) is 15.6. The van der Waals surface area contributed by atoms with Crippen LogP contribution in [0.1, 0.15) is 11.3 Å². The van der Waals surface area contributed by atoms with E-state index in [0.717, 1.165) is 22.9 Å². The average Bonchev–Trinajstić information content (AvgIpc) is 3.09. The van der Waals surface area contributed by atoms with Crippen molar-refractivity contribution in [3.63, 3.8) is 0 Å². The molecule has 0 unspecified atom stereocenters. The van der Waals surface area contributed by atoms with Crippen LogP contribution in [0.4, 0.5) is 27.6 Å². The number of nitrogens with one attached hydrogen (secondary N) is 1. The highest BCUT2D eigenvalue weighted by Gasteiger charge is 2.36. The molecule has 4 aromatic rings. The zero-order valence-electron chi connectivity index (χ0n) is 17.0. The third kappa shape index (κ3) is 4.76. The number of nitrogens with zero attached hydrogens (tertiary/aromatic N) is 3. The number of aryl methyl sites for hydroxylation is 1. The number of benzene rings is 2. The largest absolute Gasteiger partial charge is 0.467 e. The van der Waals surface area contributed by atoms with Crippen molar-refractivity contribution in [3.05, 3.63) is 77.5 Å². The fourth-order valence-corrected chi connectivity index (χ4v) is 3.22. The van der Waals surface area contributed by atoms with E-state index in [4.69, 9.17) is 4.74 Å². The van der Waals surface area contributed by atoms with Crippen LogP contribution in [0, 0.1) is 18.6 Å². The van der Waals surface area contributed by atoms with Gasteiger partial charge in [-0.1, -0.05) is 6.07 Å². The second kappa shape index (κ2) is 8.49. The summed E-state index contributed by atoms with van der Waals surface area (Å²) in [5.41, 5.74) is -0.776. The number of halogens is 5. The summed E-state index contributed by atoms with van der Waals surface area (Å²) in [6.07, 6.45) is -4.77. The molecule has 1 N–H and O–H groups in total. The van der Waals surface area contributed by atoms with Crippen LogP contribution in [-0.4, -0.2) is 27.3 Å². The van der Waals surface area contributed by atoms with Gasteiger partial charge in [-0.3, -0.25) is 4.79 Å². The number of anilines is 1. The molecule has 11 heteroatoms. The number of alkyl halides is 3. The van der Waals surface area contributed by atoms with Crippen molar-refractivity contribution in [1.82, 2.24) is 14.8 Å². The van der Waals surface area contributed by atoms with Gasteiger partial charge in [0, 0.05) is 11.8 Å². The maximum absolute atomic E-state index is 13.8. The Balaban J connectivity index is 1.69. The summed E-state index contributed by atoms with van der Waals surface area (Å²) in [5, 5.41) is 6.26. The van der Waals surface area contributed by atoms with E-state index in [1.165, 1.54) is 37.3 Å². The minimum absolute atomic E-state index is 0.0367. The second-order valence-corrected chi connectivity index (χ2v) is 7.03. The number of aromatic nitrogens is 3. The lowest BCUT2D eigenvalue weighted by atomic mass is 10.1. The van der Waals surface area contributed by atoms with Crippen molar-refractivity contribution in [1.29, 1.82) is 0 Å². The average molecular weight is 462 g/mol. The van der Waals surface area contributed by atoms with E-state index in [1.807, 2.05) is 0 Å². The SMILES string of the molecule is Cc1nn(-c2cccc(F)c2)c2nc(OCC(=O)Nc3ccc(F)cc3)cc(C(F)(F)F)c12. The van der Waals surface area contributed by atoms with Crippen molar-refractivity contribution < 1.29 is 31.5 Å². The van der Waals surface area contributed by atoms with Crippen LogP contribution in [0.2, 0.25) is 0 Å². The van der Waals surface area contributed by atoms with Gasteiger partial charge in [-0.05, 0) is 49.4 Å². The molecule has 4 rings (SSSR count). The molecule has 0 saturated heterocycles. The lowest BCUT2D eigenvalue weighted by molar-refractivity contribution is -0.136. The molecule has 0 aliphatic carbocycles. The van der Waals surface area contributed by atoms with Gasteiger partial charge in [0.15, 0.2) is 12.3 Å². The Kier molecular flexibility index (Phi) is 5.71. The first-order valence-electron chi connectivity index (χ1n) is 9.53. The number of hydrogen-bond acceptors (Lipinski definition) is 4. The number of fused-ring (bicyclic) bond motifs is 1. The minimum Gasteiger partial charge on any atom is -0.467 e. The van der Waals surface area contributed by atoms with Crippen LogP contribution < -0.4 is 10.1 Å². The van der Waals surface area contributed by atoms with E-state index in [-0.39, 0.29) is 28.1 Å². The quantitative estimate of drug-likeness (QED) is 0.422. The van der Waals surface area contributed by atoms with Crippen molar-refractivity contribution in [3.8, 4) is 11.6 Å². The number of carbonyl (C=O) groups excluding carboxylic acids is 1. The van der Waals surface area contributed by atoms with Gasteiger partial charge < -0.3 is 10.1 Å². The fraction of sp³-hybridized carbons (Fsp3) is 0.136. The molecule has 0 aliphatic heterocycles. The smallest absolute Gasteiger partial charge is 0.417 e. The zero-order valence-corrected chi connectivity index (χ0v) is 17.0. The maximum atomic E-state index is 13.8. The summed E-state index contributed by atoms with van der Waals surface area (Å²) >= 11 is 0. The summed E-state index contributed by atoms with van der Waals surface area (Å²) in [6, 6.07) is 10.7. The van der Waals surface area contributed by atoms with Crippen molar-refractivity contribution in [2.75, 3.05) is 11.9 Å². The van der Waals surface area contributed by atoms with Gasteiger partial charge in [0.25, 0.3) is 5.91 Å². The van der Waals surface area contributed by atoms with Crippen LogP contribution in [0.25, 0.3) is 16.7 Å². The Bertz CT molecular complexity index is 1330. The van der Waals surface area contributed by atoms with E-state index in [2.05, 4.69) is 15.4 Å². The topological polar surface area (TPSA) is 69.0 Å². The lowest BCUT2D eigenvalue weighted by Crippen LogP contribution is -2.20. The highest BCUT2D eigenvalue weighted by molar-refractivity contribution is 5.92. The van der Waals surface area contributed by atoms with Crippen molar-refractivity contribution >= 4 is 22.6 Å². The van der Waals surface area contributed by atoms with Gasteiger partial charge in [-0.15, -0.1) is 0 Å². The number of hydrogen-bond donors (Lipinski definition) is 1. The summed E-state index contributed by atoms with van der Waals surface area (Å²) < 4.78 is 74.3. The Morgan fingerprint density at radius 1 is 1.06 bits per heavy atom. The highest BCUT2D eigenvalue weighted by Crippen LogP contribution is 2.38. The molecular formula is C22H15F5N4O2. The van der Waals surface area contributed by atoms with Crippen molar-refractivity contribution in [2.45, 2.75) is 13.1 Å². The molecule has 170 valence electrons. The number of amides is 1. The summed E-state index contributed by atoms with van der Waals surface area (Å²) in [5.74, 6) is -2.25. The van der Waals surface area contributed by atoms with E-state index in [0.29, 0.717) is 6.07 Å². The third-order valence-corrected chi connectivity index (χ3v) is 4.63. The van der Waals surface area contributed by atoms with Crippen LogP contribution in [-0.2, 0) is 11.0 Å². The Labute approximate surface area is 183 Å². The van der Waals surface area contributed by atoms with Crippen LogP contribution in [0.3, 0.4) is 0 Å². The van der Waals surface area contributed by atoms with Gasteiger partial charge in [0.2, 0.25) is 5.88 Å². The molecule has 6 nitrogen and oxygen atoms in total. The Morgan fingerprint density at radius 2 is 1.79 bits per heavy atom. The summed E-state index contributed by atoms with van der Waals surface area (Å²) in [4.78, 5) is 16.2. The number of carbonyl (C=O) groups is 1. The van der Waals surface area contributed by atoms with E-state index < -0.39 is 41.8 Å². The molecule has 1 amide bonds. The molecule has 2 heterocycles. The predicted molar refractivity (Wildman–Crippen MR) is 109 cm³/mol. The zero-order chi connectivity index (χ0) is 23.8. The van der Waals surface area contributed by atoms with E-state index in [9.17, 15) is 26.7 Å². The van der Waals surface area contributed by atoms with Crippen molar-refractivity contribution in [2.24, 2.45) is 0 Å². The molecule has 0 fully saturated rings. The molecule has 0 bridgehead atoms. The standard InChI is InChI=1S/C22H15F5N4O2/c1-12-20-17(22(25,26)27)10-19(33-11-18(32)28-15-7-5-13(23)6-8-15)29-21(20)31(30-12)16-4-2-3-14(24)9-16/h2-10H,11H2,1H3,(H,28,32). The number of pyridine rings is 1. The normalized spacial score (nSPS) is 11.6. The van der Waals surface area contributed by atoms with Gasteiger partial charge in [-0.2, -0.15) is 23.3 Å². The molecule has 0 radical (unpaired) electrons. The Hall–Kier alpha value is -4.02. The maximum Gasteiger partial charge on any atom is 0.417 e. The fourth-order valence-electron chi connectivity index (χ4n) is 3.22. The molecule has 0 saturated carbocycles. The molecule has 2 aromatic heterocycles. The second-order valence-electron chi connectivity index (χ2n) is 7.03. The first-order valence-corrected chi connectivity index (χ1v) is 9.53. The molecular weight excluding hydrogens is 447 g/mol. The van der Waals surface area contributed by atoms with Crippen LogP contribution >= 0.6 is 0 Å². The molecule has 0 aliphatic rings. The monoisotopic (exact) mass is 462 g/mol. The number of ether oxygens (including phenoxy) is 1. The molecule has 2 aromatic carbocycles.